The molecule has 0 heterocycles. The van der Waals surface area contributed by atoms with Crippen LogP contribution in [0.5, 0.6) is 0 Å². The van der Waals surface area contributed by atoms with Crippen LogP contribution in [0.25, 0.3) is 0 Å². The van der Waals surface area contributed by atoms with Gasteiger partial charge in [0.05, 0.1) is 0 Å². The van der Waals surface area contributed by atoms with Gasteiger partial charge in [-0.3, -0.25) is 4.79 Å². The standard InChI is InChI=1S/C11H12Br2FNO/c1-11(2,6-12)15-10(16)7-3-8(13)5-9(14)4-7/h3-5H,6H2,1-2H3,(H,15,16). The third kappa shape index (κ3) is 3.87. The first-order valence-electron chi connectivity index (χ1n) is 4.68. The first-order chi connectivity index (χ1) is 7.34. The van der Waals surface area contributed by atoms with Crippen LogP contribution < -0.4 is 5.32 Å². The van der Waals surface area contributed by atoms with Gasteiger partial charge in [0.1, 0.15) is 5.82 Å². The average molecular weight is 353 g/mol. The maximum atomic E-state index is 13.1. The number of carbonyl (C=O) groups is 1. The second-order valence-corrected chi connectivity index (χ2v) is 5.61. The van der Waals surface area contributed by atoms with E-state index in [0.717, 1.165) is 0 Å². The Morgan fingerprint density at radius 2 is 2.06 bits per heavy atom. The van der Waals surface area contributed by atoms with E-state index < -0.39 is 5.82 Å². The van der Waals surface area contributed by atoms with Crippen molar-refractivity contribution in [2.45, 2.75) is 19.4 Å². The van der Waals surface area contributed by atoms with Gasteiger partial charge in [-0.1, -0.05) is 31.9 Å². The Morgan fingerprint density at radius 3 is 2.56 bits per heavy atom. The summed E-state index contributed by atoms with van der Waals surface area (Å²) in [7, 11) is 0. The molecular weight excluding hydrogens is 341 g/mol. The van der Waals surface area contributed by atoms with Crippen LogP contribution in [0.2, 0.25) is 0 Å². The molecule has 0 aliphatic carbocycles. The van der Waals surface area contributed by atoms with Gasteiger partial charge in [-0.05, 0) is 32.0 Å². The number of nitrogens with one attached hydrogen (secondary N) is 1. The summed E-state index contributed by atoms with van der Waals surface area (Å²) < 4.78 is 13.6. The SMILES string of the molecule is CC(C)(CBr)NC(=O)c1cc(F)cc(Br)c1. The van der Waals surface area contributed by atoms with Crippen LogP contribution in [0.3, 0.4) is 0 Å². The fraction of sp³-hybridized carbons (Fsp3) is 0.364. The quantitative estimate of drug-likeness (QED) is 0.829. The van der Waals surface area contributed by atoms with E-state index in [-0.39, 0.29) is 11.4 Å². The first-order valence-corrected chi connectivity index (χ1v) is 6.60. The monoisotopic (exact) mass is 351 g/mol. The summed E-state index contributed by atoms with van der Waals surface area (Å²) in [4.78, 5) is 11.8. The molecule has 2 nitrogen and oxygen atoms in total. The molecule has 5 heteroatoms. The van der Waals surface area contributed by atoms with Crippen molar-refractivity contribution in [3.63, 3.8) is 0 Å². The van der Waals surface area contributed by atoms with Crippen LogP contribution in [0.4, 0.5) is 4.39 Å². The van der Waals surface area contributed by atoms with Crippen molar-refractivity contribution in [2.24, 2.45) is 0 Å². The molecular formula is C11H12Br2FNO. The van der Waals surface area contributed by atoms with Crippen LogP contribution in [-0.4, -0.2) is 16.8 Å². The molecule has 0 unspecified atom stereocenters. The average Bonchev–Trinajstić information content (AvgIpc) is 2.15. The minimum atomic E-state index is -0.434. The number of hydrogen-bond donors (Lipinski definition) is 1. The van der Waals surface area contributed by atoms with Gasteiger partial charge in [0.25, 0.3) is 5.91 Å². The zero-order valence-electron chi connectivity index (χ0n) is 8.98. The second kappa shape index (κ2) is 5.27. The zero-order valence-corrected chi connectivity index (χ0v) is 12.2. The second-order valence-electron chi connectivity index (χ2n) is 4.13. The third-order valence-corrected chi connectivity index (χ3v) is 3.77. The van der Waals surface area contributed by atoms with Gasteiger partial charge in [0.2, 0.25) is 0 Å². The molecule has 1 amide bonds. The normalized spacial score (nSPS) is 11.3. The molecule has 0 atom stereocenters. The number of benzene rings is 1. The lowest BCUT2D eigenvalue weighted by Crippen LogP contribution is -2.44. The predicted octanol–water partition coefficient (Wildman–Crippen LogP) is 3.49. The number of rotatable bonds is 3. The molecule has 88 valence electrons. The van der Waals surface area contributed by atoms with Gasteiger partial charge in [-0.25, -0.2) is 4.39 Å². The van der Waals surface area contributed by atoms with Gasteiger partial charge >= 0.3 is 0 Å². The van der Waals surface area contributed by atoms with Crippen LogP contribution in [0.1, 0.15) is 24.2 Å². The van der Waals surface area contributed by atoms with Gasteiger partial charge in [-0.2, -0.15) is 0 Å². The molecule has 0 spiro atoms. The number of halogens is 3. The van der Waals surface area contributed by atoms with Gasteiger partial charge < -0.3 is 5.32 Å². The molecule has 0 saturated carbocycles. The summed E-state index contributed by atoms with van der Waals surface area (Å²) >= 11 is 6.45. The molecule has 0 aliphatic heterocycles. The Labute approximate surface area is 111 Å². The summed E-state index contributed by atoms with van der Waals surface area (Å²) in [6.45, 7) is 3.77. The number of carbonyl (C=O) groups excluding carboxylic acids is 1. The van der Waals surface area contributed by atoms with E-state index in [2.05, 4.69) is 37.2 Å². The highest BCUT2D eigenvalue weighted by atomic mass is 79.9. The van der Waals surface area contributed by atoms with E-state index in [1.54, 1.807) is 6.07 Å². The van der Waals surface area contributed by atoms with E-state index in [9.17, 15) is 9.18 Å². The zero-order chi connectivity index (χ0) is 12.3. The van der Waals surface area contributed by atoms with E-state index in [4.69, 9.17) is 0 Å². The molecule has 1 aromatic rings. The summed E-state index contributed by atoms with van der Waals surface area (Å²) in [5.74, 6) is -0.721. The predicted molar refractivity (Wildman–Crippen MR) is 69.4 cm³/mol. The molecule has 1 N–H and O–H groups in total. The van der Waals surface area contributed by atoms with Crippen molar-refractivity contribution in [3.05, 3.63) is 34.1 Å². The minimum Gasteiger partial charge on any atom is -0.346 e. The summed E-state index contributed by atoms with van der Waals surface area (Å²) in [6, 6.07) is 4.11. The molecule has 0 radical (unpaired) electrons. The highest BCUT2D eigenvalue weighted by Crippen LogP contribution is 2.16. The molecule has 16 heavy (non-hydrogen) atoms. The maximum Gasteiger partial charge on any atom is 0.251 e. The van der Waals surface area contributed by atoms with E-state index in [1.165, 1.54) is 12.1 Å². The van der Waals surface area contributed by atoms with E-state index in [1.807, 2.05) is 13.8 Å². The number of hydrogen-bond acceptors (Lipinski definition) is 1. The molecule has 0 bridgehead atoms. The van der Waals surface area contributed by atoms with Crippen molar-refractivity contribution < 1.29 is 9.18 Å². The Morgan fingerprint density at radius 1 is 1.44 bits per heavy atom. The van der Waals surface area contributed by atoms with Gasteiger partial charge in [-0.15, -0.1) is 0 Å². The lowest BCUT2D eigenvalue weighted by Gasteiger charge is -2.23. The number of alkyl halides is 1. The third-order valence-electron chi connectivity index (χ3n) is 1.91. The largest absolute Gasteiger partial charge is 0.346 e. The number of amides is 1. The summed E-state index contributed by atoms with van der Waals surface area (Å²) in [6.07, 6.45) is 0. The highest BCUT2D eigenvalue weighted by Gasteiger charge is 2.20. The van der Waals surface area contributed by atoms with Gasteiger partial charge in [0, 0.05) is 20.9 Å². The Balaban J connectivity index is 2.89. The fourth-order valence-corrected chi connectivity index (χ4v) is 1.70. The Bertz CT molecular complexity index is 387. The Hall–Kier alpha value is -0.420. The van der Waals surface area contributed by atoms with Crippen molar-refractivity contribution >= 4 is 37.8 Å². The van der Waals surface area contributed by atoms with E-state index in [0.29, 0.717) is 15.4 Å². The van der Waals surface area contributed by atoms with Crippen molar-refractivity contribution in [2.75, 3.05) is 5.33 Å². The molecule has 1 rings (SSSR count). The highest BCUT2D eigenvalue weighted by molar-refractivity contribution is 9.10. The summed E-state index contributed by atoms with van der Waals surface area (Å²) in [5, 5.41) is 3.43. The fourth-order valence-electron chi connectivity index (χ4n) is 1.10. The lowest BCUT2D eigenvalue weighted by molar-refractivity contribution is 0.0920. The summed E-state index contributed by atoms with van der Waals surface area (Å²) in [5.41, 5.74) is -0.0588. The van der Waals surface area contributed by atoms with E-state index >= 15 is 0 Å². The van der Waals surface area contributed by atoms with Crippen LogP contribution >= 0.6 is 31.9 Å². The smallest absolute Gasteiger partial charge is 0.251 e. The van der Waals surface area contributed by atoms with Crippen LogP contribution in [0.15, 0.2) is 22.7 Å². The topological polar surface area (TPSA) is 29.1 Å². The minimum absolute atomic E-state index is 0.287. The first kappa shape index (κ1) is 13.6. The molecule has 0 aliphatic rings. The van der Waals surface area contributed by atoms with Crippen molar-refractivity contribution in [1.29, 1.82) is 0 Å². The molecule has 1 aromatic carbocycles. The Kier molecular flexibility index (Phi) is 4.50. The van der Waals surface area contributed by atoms with Crippen molar-refractivity contribution in [3.8, 4) is 0 Å². The molecule has 0 saturated heterocycles. The van der Waals surface area contributed by atoms with Crippen LogP contribution in [-0.2, 0) is 0 Å². The molecule has 0 aromatic heterocycles. The molecule has 0 fully saturated rings. The van der Waals surface area contributed by atoms with Crippen LogP contribution in [0, 0.1) is 5.82 Å². The van der Waals surface area contributed by atoms with Gasteiger partial charge in [0.15, 0.2) is 0 Å². The van der Waals surface area contributed by atoms with Crippen molar-refractivity contribution in [1.82, 2.24) is 5.32 Å². The maximum absolute atomic E-state index is 13.1. The lowest BCUT2D eigenvalue weighted by atomic mass is 10.1.